The van der Waals surface area contributed by atoms with E-state index in [1.54, 1.807) is 0 Å². The Morgan fingerprint density at radius 1 is 1.88 bits per heavy atom. The van der Waals surface area contributed by atoms with Gasteiger partial charge in [0.25, 0.3) is 0 Å². The van der Waals surface area contributed by atoms with Gasteiger partial charge in [-0.25, -0.2) is 0 Å². The number of methoxy groups -OCH3 is 1. The van der Waals surface area contributed by atoms with Gasteiger partial charge in [0.15, 0.2) is 0 Å². The quantitative estimate of drug-likeness (QED) is 0.526. The summed E-state index contributed by atoms with van der Waals surface area (Å²) in [7, 11) is -2.23. The summed E-state index contributed by atoms with van der Waals surface area (Å²) in [5.41, 5.74) is -0.351. The Hall–Kier alpha value is -0.0800. The van der Waals surface area contributed by atoms with E-state index in [0.29, 0.717) is 12.6 Å². The molecule has 0 aromatic heterocycles. The molecule has 0 unspecified atom stereocenters. The fraction of sp³-hybridized carbons (Fsp3) is 1.00. The van der Waals surface area contributed by atoms with Crippen LogP contribution in [0.3, 0.4) is 0 Å². The molecule has 3 rings (SSSR count). The fourth-order valence-corrected chi connectivity index (χ4v) is 1.58. The van der Waals surface area contributed by atoms with E-state index in [1.165, 1.54) is 0 Å². The molecule has 0 atom stereocenters. The van der Waals surface area contributed by atoms with Crippen molar-refractivity contribution in [2.75, 3.05) is 13.6 Å². The van der Waals surface area contributed by atoms with E-state index in [-0.39, 0.29) is 5.60 Å². The van der Waals surface area contributed by atoms with Gasteiger partial charge in [-0.1, -0.05) is 0 Å². The summed E-state index contributed by atoms with van der Waals surface area (Å²) in [5.74, 6) is 0. The van der Waals surface area contributed by atoms with Gasteiger partial charge in [-0.2, -0.15) is 0 Å². The highest BCUT2D eigenvalue weighted by Gasteiger charge is 2.50. The standard InChI is InChI=1S/C6H11NO/c1-8-6-2-5(3-6)7-4-6/h5,7H,2-4H2,1H3/i1D3. The highest BCUT2D eigenvalue weighted by atomic mass is 16.5. The van der Waals surface area contributed by atoms with Crippen LogP contribution in [0.2, 0.25) is 0 Å². The minimum atomic E-state index is -2.23. The molecule has 1 aliphatic carbocycles. The van der Waals surface area contributed by atoms with Gasteiger partial charge in [0.05, 0.1) is 9.71 Å². The van der Waals surface area contributed by atoms with Crippen molar-refractivity contribution in [2.45, 2.75) is 24.5 Å². The average molecular weight is 116 g/mol. The van der Waals surface area contributed by atoms with Crippen LogP contribution < -0.4 is 5.32 Å². The Labute approximate surface area is 53.4 Å². The molecule has 2 nitrogen and oxygen atoms in total. The van der Waals surface area contributed by atoms with Crippen molar-refractivity contribution >= 4 is 0 Å². The molecule has 46 valence electrons. The van der Waals surface area contributed by atoms with E-state index < -0.39 is 7.04 Å². The predicted octanol–water partition coefficient (Wildman–Crippen LogP) is 0.137. The van der Waals surface area contributed by atoms with E-state index in [4.69, 9.17) is 8.85 Å². The molecule has 1 saturated carbocycles. The number of nitrogens with one attached hydrogen (secondary N) is 1. The SMILES string of the molecule is [2H]C([2H])([2H])OC12CNC(C1)C2. The molecule has 0 aromatic rings. The lowest BCUT2D eigenvalue weighted by Gasteiger charge is -2.35. The van der Waals surface area contributed by atoms with Gasteiger partial charge in [0.1, 0.15) is 0 Å². The number of rotatable bonds is 1. The van der Waals surface area contributed by atoms with Crippen LogP contribution in [0.15, 0.2) is 0 Å². The van der Waals surface area contributed by atoms with Crippen LogP contribution in [-0.4, -0.2) is 25.2 Å². The Bertz CT molecular complexity index is 168. The monoisotopic (exact) mass is 116 g/mol. The minimum Gasteiger partial charge on any atom is -0.377 e. The van der Waals surface area contributed by atoms with Crippen LogP contribution in [-0.2, 0) is 4.74 Å². The number of hydrogen-bond donors (Lipinski definition) is 1. The molecular weight excluding hydrogens is 102 g/mol. The maximum Gasteiger partial charge on any atom is 0.0832 e. The molecule has 0 radical (unpaired) electrons. The van der Waals surface area contributed by atoms with E-state index in [2.05, 4.69) is 5.32 Å². The molecule has 8 heavy (non-hydrogen) atoms. The zero-order valence-corrected chi connectivity index (χ0v) is 4.61. The number of ether oxygens (including phenoxy) is 1. The summed E-state index contributed by atoms with van der Waals surface area (Å²) in [6.07, 6.45) is 1.73. The zero-order chi connectivity index (χ0) is 8.11. The van der Waals surface area contributed by atoms with Gasteiger partial charge in [0, 0.05) is 19.6 Å². The van der Waals surface area contributed by atoms with E-state index in [0.717, 1.165) is 12.8 Å². The first-order chi connectivity index (χ1) is 4.99. The predicted molar refractivity (Wildman–Crippen MR) is 30.8 cm³/mol. The molecule has 2 heteroatoms. The van der Waals surface area contributed by atoms with Crippen LogP contribution in [0.1, 0.15) is 17.0 Å². The summed E-state index contributed by atoms with van der Waals surface area (Å²) < 4.78 is 25.8. The van der Waals surface area contributed by atoms with E-state index in [1.807, 2.05) is 0 Å². The maximum atomic E-state index is 6.93. The van der Waals surface area contributed by atoms with Crippen molar-refractivity contribution in [2.24, 2.45) is 0 Å². The molecule has 0 spiro atoms. The van der Waals surface area contributed by atoms with Crippen LogP contribution >= 0.6 is 0 Å². The van der Waals surface area contributed by atoms with Crippen molar-refractivity contribution in [3.63, 3.8) is 0 Å². The van der Waals surface area contributed by atoms with Gasteiger partial charge >= 0.3 is 0 Å². The third kappa shape index (κ3) is 0.400. The van der Waals surface area contributed by atoms with Crippen molar-refractivity contribution in [1.82, 2.24) is 5.32 Å². The van der Waals surface area contributed by atoms with Gasteiger partial charge in [-0.3, -0.25) is 0 Å². The van der Waals surface area contributed by atoms with Crippen molar-refractivity contribution in [3.8, 4) is 0 Å². The van der Waals surface area contributed by atoms with Crippen molar-refractivity contribution < 1.29 is 8.85 Å². The fourth-order valence-electron chi connectivity index (χ4n) is 1.58. The summed E-state index contributed by atoms with van der Waals surface area (Å²) >= 11 is 0. The summed E-state index contributed by atoms with van der Waals surface area (Å²) in [6.45, 7) is 0.704. The van der Waals surface area contributed by atoms with Gasteiger partial charge in [0.2, 0.25) is 0 Å². The Kier molecular flexibility index (Phi) is 0.418. The molecule has 2 aliphatic heterocycles. The molecule has 2 bridgehead atoms. The maximum absolute atomic E-state index is 6.93. The summed E-state index contributed by atoms with van der Waals surface area (Å²) in [4.78, 5) is 0. The first kappa shape index (κ1) is 2.67. The lowest BCUT2D eigenvalue weighted by molar-refractivity contribution is -0.0362. The molecule has 3 aliphatic rings. The lowest BCUT2D eigenvalue weighted by Crippen LogP contribution is -2.41. The van der Waals surface area contributed by atoms with E-state index >= 15 is 0 Å². The molecule has 3 fully saturated rings. The van der Waals surface area contributed by atoms with E-state index in [9.17, 15) is 0 Å². The highest BCUT2D eigenvalue weighted by molar-refractivity contribution is 5.08. The third-order valence-corrected chi connectivity index (χ3v) is 2.17. The second-order valence-electron chi connectivity index (χ2n) is 2.77. The number of fused-ring (bicyclic) bond motifs is 1. The third-order valence-electron chi connectivity index (χ3n) is 2.17. The molecule has 2 saturated heterocycles. The largest absolute Gasteiger partial charge is 0.377 e. The Morgan fingerprint density at radius 2 is 2.75 bits per heavy atom. The Balaban J connectivity index is 1.96. The second-order valence-corrected chi connectivity index (χ2v) is 2.77. The van der Waals surface area contributed by atoms with Gasteiger partial charge in [-0.05, 0) is 12.8 Å². The molecule has 0 aromatic carbocycles. The summed E-state index contributed by atoms with van der Waals surface area (Å²) in [6, 6.07) is 0.511. The van der Waals surface area contributed by atoms with Crippen molar-refractivity contribution in [1.29, 1.82) is 0 Å². The molecular formula is C6H11NO. The first-order valence-corrected chi connectivity index (χ1v) is 2.93. The smallest absolute Gasteiger partial charge is 0.0832 e. The van der Waals surface area contributed by atoms with Crippen LogP contribution in [0, 0.1) is 0 Å². The van der Waals surface area contributed by atoms with Gasteiger partial charge < -0.3 is 10.1 Å². The first-order valence-electron chi connectivity index (χ1n) is 4.43. The topological polar surface area (TPSA) is 21.3 Å². The summed E-state index contributed by atoms with van der Waals surface area (Å²) in [5, 5.41) is 3.18. The van der Waals surface area contributed by atoms with Gasteiger partial charge in [-0.15, -0.1) is 0 Å². The van der Waals surface area contributed by atoms with Crippen LogP contribution in [0.4, 0.5) is 0 Å². The number of hydrogen-bond acceptors (Lipinski definition) is 2. The molecule has 0 amide bonds. The molecule has 2 heterocycles. The van der Waals surface area contributed by atoms with Crippen LogP contribution in [0.25, 0.3) is 0 Å². The second kappa shape index (κ2) is 1.25. The highest BCUT2D eigenvalue weighted by Crippen LogP contribution is 2.40. The zero-order valence-electron chi connectivity index (χ0n) is 7.61. The van der Waals surface area contributed by atoms with Crippen LogP contribution in [0.5, 0.6) is 0 Å². The molecule has 1 N–H and O–H groups in total. The average Bonchev–Trinajstić information content (AvgIpc) is 2.15. The minimum absolute atomic E-state index is 0.351. The lowest BCUT2D eigenvalue weighted by atomic mass is 9.81. The van der Waals surface area contributed by atoms with Crippen molar-refractivity contribution in [3.05, 3.63) is 0 Å². The Morgan fingerprint density at radius 3 is 3.25 bits per heavy atom. The normalized spacial score (nSPS) is 58.5.